The second-order valence-corrected chi connectivity index (χ2v) is 8.09. The molecule has 0 unspecified atom stereocenters. The fourth-order valence-electron chi connectivity index (χ4n) is 4.44. The molecule has 1 aliphatic rings. The largest absolute Gasteiger partial charge is 0.396 e. The highest BCUT2D eigenvalue weighted by Crippen LogP contribution is 2.35. The number of hydrogen-bond acceptors (Lipinski definition) is 3. The molecular weight excluding hydrogens is 346 g/mol. The predicted octanol–water partition coefficient (Wildman–Crippen LogP) is 4.28. The van der Waals surface area contributed by atoms with Gasteiger partial charge in [0.2, 0.25) is 0 Å². The van der Waals surface area contributed by atoms with Crippen LogP contribution < -0.4 is 0 Å². The van der Waals surface area contributed by atoms with Crippen LogP contribution in [0.5, 0.6) is 0 Å². The number of aliphatic hydroxyl groups is 1. The van der Waals surface area contributed by atoms with Gasteiger partial charge in [-0.15, -0.1) is 0 Å². The van der Waals surface area contributed by atoms with Crippen LogP contribution in [0.2, 0.25) is 0 Å². The number of H-pyrrole nitrogens is 1. The molecule has 1 atom stereocenters. The molecular formula is C24H29N3O. The molecule has 1 aromatic heterocycles. The monoisotopic (exact) mass is 375 g/mol. The Labute approximate surface area is 167 Å². The quantitative estimate of drug-likeness (QED) is 0.648. The molecule has 4 nitrogen and oxygen atoms in total. The Morgan fingerprint density at radius 3 is 2.54 bits per heavy atom. The first-order valence-corrected chi connectivity index (χ1v) is 10.2. The van der Waals surface area contributed by atoms with Crippen LogP contribution in [0.4, 0.5) is 0 Å². The molecule has 1 aliphatic heterocycles. The normalized spacial score (nSPS) is 20.3. The summed E-state index contributed by atoms with van der Waals surface area (Å²) in [5.74, 6) is 0. The summed E-state index contributed by atoms with van der Waals surface area (Å²) < 4.78 is 0. The van der Waals surface area contributed by atoms with Gasteiger partial charge in [-0.05, 0) is 43.4 Å². The third kappa shape index (κ3) is 4.34. The number of benzene rings is 2. The van der Waals surface area contributed by atoms with Crippen LogP contribution in [0.3, 0.4) is 0 Å². The smallest absolute Gasteiger partial charge is 0.0695 e. The van der Waals surface area contributed by atoms with E-state index in [2.05, 4.69) is 69.7 Å². The fraction of sp³-hybridized carbons (Fsp3) is 0.375. The maximum Gasteiger partial charge on any atom is 0.0695 e. The van der Waals surface area contributed by atoms with E-state index in [9.17, 15) is 5.11 Å². The van der Waals surface area contributed by atoms with Gasteiger partial charge in [-0.3, -0.25) is 10.00 Å². The van der Waals surface area contributed by atoms with E-state index in [-0.39, 0.29) is 12.0 Å². The SMILES string of the molecule is OC[C@@]1(CCc2ccccc2)CCCN(Cc2cn[nH]c2-c2ccccc2)C1. The summed E-state index contributed by atoms with van der Waals surface area (Å²) in [6.07, 6.45) is 6.23. The summed E-state index contributed by atoms with van der Waals surface area (Å²) in [5, 5.41) is 17.7. The van der Waals surface area contributed by atoms with Crippen LogP contribution in [-0.2, 0) is 13.0 Å². The maximum atomic E-state index is 10.3. The molecule has 0 aliphatic carbocycles. The maximum absolute atomic E-state index is 10.3. The molecule has 0 spiro atoms. The lowest BCUT2D eigenvalue weighted by atomic mass is 9.76. The number of aromatic amines is 1. The van der Waals surface area contributed by atoms with Crippen LogP contribution in [0.15, 0.2) is 66.9 Å². The van der Waals surface area contributed by atoms with E-state index < -0.39 is 0 Å². The zero-order valence-corrected chi connectivity index (χ0v) is 16.3. The van der Waals surface area contributed by atoms with Crippen LogP contribution in [-0.4, -0.2) is 39.9 Å². The van der Waals surface area contributed by atoms with Gasteiger partial charge in [0, 0.05) is 30.7 Å². The van der Waals surface area contributed by atoms with E-state index in [4.69, 9.17) is 0 Å². The lowest BCUT2D eigenvalue weighted by Crippen LogP contribution is -2.45. The molecule has 1 saturated heterocycles. The molecule has 2 heterocycles. The first-order valence-electron chi connectivity index (χ1n) is 10.2. The minimum absolute atomic E-state index is 0.00919. The van der Waals surface area contributed by atoms with Crippen molar-refractivity contribution in [3.8, 4) is 11.3 Å². The van der Waals surface area contributed by atoms with Crippen molar-refractivity contribution < 1.29 is 5.11 Å². The number of rotatable bonds is 7. The lowest BCUT2D eigenvalue weighted by molar-refractivity contribution is 0.0224. The van der Waals surface area contributed by atoms with Gasteiger partial charge in [-0.25, -0.2) is 0 Å². The van der Waals surface area contributed by atoms with Gasteiger partial charge >= 0.3 is 0 Å². The van der Waals surface area contributed by atoms with Crippen LogP contribution >= 0.6 is 0 Å². The van der Waals surface area contributed by atoms with Crippen molar-refractivity contribution in [2.24, 2.45) is 5.41 Å². The molecule has 1 fully saturated rings. The molecule has 2 aromatic carbocycles. The highest BCUT2D eigenvalue weighted by Gasteiger charge is 2.34. The van der Waals surface area contributed by atoms with Crippen LogP contribution in [0, 0.1) is 5.41 Å². The highest BCUT2D eigenvalue weighted by molar-refractivity contribution is 5.62. The van der Waals surface area contributed by atoms with E-state index in [1.807, 2.05) is 12.3 Å². The number of hydrogen-bond donors (Lipinski definition) is 2. The standard InChI is InChI=1S/C24H29N3O/c28-19-24(14-12-20-8-3-1-4-9-20)13-7-15-27(18-24)17-22-16-25-26-23(22)21-10-5-2-6-11-21/h1-6,8-11,16,28H,7,12-15,17-19H2,(H,25,26)/t24-/m1/s1. The zero-order valence-electron chi connectivity index (χ0n) is 16.3. The molecule has 3 aromatic rings. The molecule has 4 heteroatoms. The molecule has 4 rings (SSSR count). The van der Waals surface area contributed by atoms with Gasteiger partial charge in [-0.2, -0.15) is 5.10 Å². The number of aliphatic hydroxyl groups excluding tert-OH is 1. The fourth-order valence-corrected chi connectivity index (χ4v) is 4.44. The minimum atomic E-state index is -0.00919. The Balaban J connectivity index is 1.44. The van der Waals surface area contributed by atoms with Gasteiger partial charge in [0.05, 0.1) is 11.9 Å². The van der Waals surface area contributed by atoms with Crippen molar-refractivity contribution in [1.82, 2.24) is 15.1 Å². The first-order chi connectivity index (χ1) is 13.8. The van der Waals surface area contributed by atoms with Gasteiger partial charge in [-0.1, -0.05) is 60.7 Å². The second kappa shape index (κ2) is 8.72. The first kappa shape index (κ1) is 18.9. The Kier molecular flexibility index (Phi) is 5.89. The predicted molar refractivity (Wildman–Crippen MR) is 113 cm³/mol. The third-order valence-corrected chi connectivity index (χ3v) is 6.04. The van der Waals surface area contributed by atoms with E-state index in [0.717, 1.165) is 51.0 Å². The molecule has 0 radical (unpaired) electrons. The summed E-state index contributed by atoms with van der Waals surface area (Å²) in [4.78, 5) is 2.49. The second-order valence-electron chi connectivity index (χ2n) is 8.09. The van der Waals surface area contributed by atoms with E-state index in [1.54, 1.807) is 0 Å². The molecule has 0 bridgehead atoms. The molecule has 0 saturated carbocycles. The van der Waals surface area contributed by atoms with E-state index >= 15 is 0 Å². The third-order valence-electron chi connectivity index (χ3n) is 6.04. The summed E-state index contributed by atoms with van der Waals surface area (Å²) in [5.41, 5.74) is 4.84. The average molecular weight is 376 g/mol. The van der Waals surface area contributed by atoms with E-state index in [0.29, 0.717) is 0 Å². The van der Waals surface area contributed by atoms with Crippen molar-refractivity contribution >= 4 is 0 Å². The Morgan fingerprint density at radius 1 is 1.04 bits per heavy atom. The van der Waals surface area contributed by atoms with E-state index in [1.165, 1.54) is 16.7 Å². The number of likely N-dealkylation sites (tertiary alicyclic amines) is 1. The van der Waals surface area contributed by atoms with Crippen molar-refractivity contribution in [3.63, 3.8) is 0 Å². The van der Waals surface area contributed by atoms with Gasteiger partial charge in [0.25, 0.3) is 0 Å². The summed E-state index contributed by atoms with van der Waals surface area (Å²) in [6, 6.07) is 21.0. The summed E-state index contributed by atoms with van der Waals surface area (Å²) in [6.45, 7) is 3.14. The molecule has 2 N–H and O–H groups in total. The lowest BCUT2D eigenvalue weighted by Gasteiger charge is -2.42. The van der Waals surface area contributed by atoms with Crippen molar-refractivity contribution in [3.05, 3.63) is 78.0 Å². The van der Waals surface area contributed by atoms with Crippen LogP contribution in [0.25, 0.3) is 11.3 Å². The van der Waals surface area contributed by atoms with Gasteiger partial charge in [0.15, 0.2) is 0 Å². The number of aromatic nitrogens is 2. The van der Waals surface area contributed by atoms with Crippen molar-refractivity contribution in [2.75, 3.05) is 19.7 Å². The zero-order chi connectivity index (χ0) is 19.2. The van der Waals surface area contributed by atoms with Crippen molar-refractivity contribution in [1.29, 1.82) is 0 Å². The Hall–Kier alpha value is -2.43. The molecule has 146 valence electrons. The summed E-state index contributed by atoms with van der Waals surface area (Å²) >= 11 is 0. The molecule has 28 heavy (non-hydrogen) atoms. The number of nitrogens with zero attached hydrogens (tertiary/aromatic N) is 2. The number of nitrogens with one attached hydrogen (secondary N) is 1. The van der Waals surface area contributed by atoms with Crippen LogP contribution in [0.1, 0.15) is 30.4 Å². The van der Waals surface area contributed by atoms with Crippen molar-refractivity contribution in [2.45, 2.75) is 32.2 Å². The Bertz CT molecular complexity index is 862. The average Bonchev–Trinajstić information content (AvgIpc) is 3.22. The minimum Gasteiger partial charge on any atom is -0.396 e. The molecule has 0 amide bonds. The number of aryl methyl sites for hydroxylation is 1. The van der Waals surface area contributed by atoms with Gasteiger partial charge in [0.1, 0.15) is 0 Å². The topological polar surface area (TPSA) is 52.1 Å². The highest BCUT2D eigenvalue weighted by atomic mass is 16.3. The van der Waals surface area contributed by atoms with Gasteiger partial charge < -0.3 is 5.11 Å². The number of piperidine rings is 1. The Morgan fingerprint density at radius 2 is 1.79 bits per heavy atom. The summed E-state index contributed by atoms with van der Waals surface area (Å²) in [7, 11) is 0.